The quantitative estimate of drug-likeness (QED) is 0.696. The van der Waals surface area contributed by atoms with E-state index in [9.17, 15) is 4.79 Å². The maximum absolute atomic E-state index is 12.3. The van der Waals surface area contributed by atoms with E-state index in [1.54, 1.807) is 6.26 Å². The Labute approximate surface area is 171 Å². The van der Waals surface area contributed by atoms with E-state index < -0.39 is 0 Å². The molecule has 1 aliphatic rings. The van der Waals surface area contributed by atoms with Gasteiger partial charge in [-0.3, -0.25) is 9.69 Å². The summed E-state index contributed by atoms with van der Waals surface area (Å²) in [5.74, 6) is 0.666. The van der Waals surface area contributed by atoms with Gasteiger partial charge in [-0.05, 0) is 48.4 Å². The summed E-state index contributed by atoms with van der Waals surface area (Å²) in [5, 5.41) is 2.88. The van der Waals surface area contributed by atoms with Gasteiger partial charge in [0, 0.05) is 44.0 Å². The summed E-state index contributed by atoms with van der Waals surface area (Å²) in [5.41, 5.74) is 4.58. The zero-order valence-corrected chi connectivity index (χ0v) is 16.8. The lowest BCUT2D eigenvalue weighted by Crippen LogP contribution is -2.46. The van der Waals surface area contributed by atoms with E-state index in [-0.39, 0.29) is 5.91 Å². The molecule has 1 aromatic heterocycles. The number of rotatable bonds is 6. The molecule has 0 aliphatic carbocycles. The van der Waals surface area contributed by atoms with Crippen LogP contribution in [0.2, 0.25) is 0 Å². The van der Waals surface area contributed by atoms with Gasteiger partial charge in [-0.2, -0.15) is 0 Å². The Balaban J connectivity index is 1.27. The van der Waals surface area contributed by atoms with E-state index in [2.05, 4.69) is 58.4 Å². The van der Waals surface area contributed by atoms with E-state index in [1.807, 2.05) is 24.3 Å². The van der Waals surface area contributed by atoms with E-state index >= 15 is 0 Å². The van der Waals surface area contributed by atoms with Crippen molar-refractivity contribution in [3.8, 4) is 0 Å². The maximum atomic E-state index is 12.3. The molecule has 29 heavy (non-hydrogen) atoms. The Hall–Kier alpha value is -3.05. The standard InChI is InChI=1S/C24H27N3O2/c1-19-5-2-3-7-23(19)27-14-12-26(13-15-27)18-20-8-10-21(11-9-20)24(28)25-17-22-6-4-16-29-22/h2-11,16H,12-15,17-18H2,1H3,(H,25,28). The van der Waals surface area contributed by atoms with Crippen LogP contribution in [0.1, 0.15) is 27.2 Å². The van der Waals surface area contributed by atoms with Gasteiger partial charge in [0.25, 0.3) is 5.91 Å². The minimum atomic E-state index is -0.0835. The number of carbonyl (C=O) groups excluding carboxylic acids is 1. The third-order valence-corrected chi connectivity index (χ3v) is 5.45. The van der Waals surface area contributed by atoms with E-state index in [4.69, 9.17) is 4.42 Å². The molecule has 150 valence electrons. The second kappa shape index (κ2) is 8.97. The Bertz CT molecular complexity index is 927. The molecule has 4 rings (SSSR count). The number of anilines is 1. The fraction of sp³-hybridized carbons (Fsp3) is 0.292. The van der Waals surface area contributed by atoms with Crippen LogP contribution in [0, 0.1) is 6.92 Å². The van der Waals surface area contributed by atoms with Crippen molar-refractivity contribution in [1.29, 1.82) is 0 Å². The van der Waals surface area contributed by atoms with E-state index in [0.29, 0.717) is 12.1 Å². The zero-order chi connectivity index (χ0) is 20.1. The predicted molar refractivity (Wildman–Crippen MR) is 115 cm³/mol. The number of hydrogen-bond donors (Lipinski definition) is 1. The van der Waals surface area contributed by atoms with Crippen LogP contribution in [0.4, 0.5) is 5.69 Å². The number of para-hydroxylation sites is 1. The Morgan fingerprint density at radius 3 is 2.41 bits per heavy atom. The molecule has 1 fully saturated rings. The molecule has 2 heterocycles. The smallest absolute Gasteiger partial charge is 0.251 e. The average Bonchev–Trinajstić information content (AvgIpc) is 3.27. The second-order valence-electron chi connectivity index (χ2n) is 7.51. The van der Waals surface area contributed by atoms with Crippen LogP contribution in [0.3, 0.4) is 0 Å². The molecule has 1 saturated heterocycles. The Kier molecular flexibility index (Phi) is 5.96. The minimum absolute atomic E-state index is 0.0835. The van der Waals surface area contributed by atoms with Crippen LogP contribution < -0.4 is 10.2 Å². The molecule has 1 amide bonds. The van der Waals surface area contributed by atoms with Gasteiger partial charge in [-0.1, -0.05) is 30.3 Å². The highest BCUT2D eigenvalue weighted by Crippen LogP contribution is 2.21. The van der Waals surface area contributed by atoms with Crippen LogP contribution >= 0.6 is 0 Å². The van der Waals surface area contributed by atoms with Gasteiger partial charge >= 0.3 is 0 Å². The first-order valence-electron chi connectivity index (χ1n) is 10.1. The van der Waals surface area contributed by atoms with Gasteiger partial charge in [0.1, 0.15) is 5.76 Å². The molecule has 2 aromatic carbocycles. The number of benzene rings is 2. The topological polar surface area (TPSA) is 48.7 Å². The third kappa shape index (κ3) is 4.87. The second-order valence-corrected chi connectivity index (χ2v) is 7.51. The summed E-state index contributed by atoms with van der Waals surface area (Å²) >= 11 is 0. The van der Waals surface area contributed by atoms with E-state index in [0.717, 1.165) is 38.5 Å². The van der Waals surface area contributed by atoms with Crippen molar-refractivity contribution in [2.24, 2.45) is 0 Å². The van der Waals surface area contributed by atoms with Crippen molar-refractivity contribution >= 4 is 11.6 Å². The van der Waals surface area contributed by atoms with Gasteiger partial charge in [0.15, 0.2) is 0 Å². The summed E-state index contributed by atoms with van der Waals surface area (Å²) in [4.78, 5) is 17.2. The Morgan fingerprint density at radius 1 is 0.966 bits per heavy atom. The van der Waals surface area contributed by atoms with Gasteiger partial charge < -0.3 is 14.6 Å². The molecule has 0 spiro atoms. The highest BCUT2D eigenvalue weighted by Gasteiger charge is 2.18. The number of nitrogens with zero attached hydrogens (tertiary/aromatic N) is 2. The number of nitrogens with one attached hydrogen (secondary N) is 1. The summed E-state index contributed by atoms with van der Waals surface area (Å²) < 4.78 is 5.24. The van der Waals surface area contributed by atoms with Crippen molar-refractivity contribution in [1.82, 2.24) is 10.2 Å². The first kappa shape index (κ1) is 19.3. The molecular formula is C24H27N3O2. The lowest BCUT2D eigenvalue weighted by Gasteiger charge is -2.36. The number of hydrogen-bond acceptors (Lipinski definition) is 4. The maximum Gasteiger partial charge on any atom is 0.251 e. The molecule has 0 saturated carbocycles. The molecular weight excluding hydrogens is 362 g/mol. The predicted octanol–water partition coefficient (Wildman–Crippen LogP) is 3.84. The van der Waals surface area contributed by atoms with Crippen molar-refractivity contribution in [2.45, 2.75) is 20.0 Å². The molecule has 0 radical (unpaired) electrons. The van der Waals surface area contributed by atoms with Crippen molar-refractivity contribution in [2.75, 3.05) is 31.1 Å². The Morgan fingerprint density at radius 2 is 1.72 bits per heavy atom. The van der Waals surface area contributed by atoms with Gasteiger partial charge in [-0.25, -0.2) is 0 Å². The fourth-order valence-electron chi connectivity index (χ4n) is 3.77. The van der Waals surface area contributed by atoms with Crippen LogP contribution in [0.15, 0.2) is 71.3 Å². The van der Waals surface area contributed by atoms with Gasteiger partial charge in [0.05, 0.1) is 12.8 Å². The molecule has 0 atom stereocenters. The number of carbonyl (C=O) groups is 1. The normalized spacial score (nSPS) is 14.7. The monoisotopic (exact) mass is 389 g/mol. The molecule has 0 bridgehead atoms. The third-order valence-electron chi connectivity index (χ3n) is 5.45. The fourth-order valence-corrected chi connectivity index (χ4v) is 3.77. The molecule has 1 aliphatic heterocycles. The molecule has 3 aromatic rings. The van der Waals surface area contributed by atoms with Crippen molar-refractivity contribution in [3.63, 3.8) is 0 Å². The first-order chi connectivity index (χ1) is 14.2. The number of amides is 1. The van der Waals surface area contributed by atoms with Crippen LogP contribution in [-0.4, -0.2) is 37.0 Å². The number of aryl methyl sites for hydroxylation is 1. The number of furan rings is 1. The molecule has 5 heteroatoms. The highest BCUT2D eigenvalue weighted by atomic mass is 16.3. The van der Waals surface area contributed by atoms with Crippen LogP contribution in [-0.2, 0) is 13.1 Å². The van der Waals surface area contributed by atoms with Crippen molar-refractivity contribution < 1.29 is 9.21 Å². The number of piperazine rings is 1. The SMILES string of the molecule is Cc1ccccc1N1CCN(Cc2ccc(C(=O)NCc3ccco3)cc2)CC1. The van der Waals surface area contributed by atoms with Crippen LogP contribution in [0.25, 0.3) is 0 Å². The summed E-state index contributed by atoms with van der Waals surface area (Å²) in [6, 6.07) is 20.2. The van der Waals surface area contributed by atoms with Gasteiger partial charge in [0.2, 0.25) is 0 Å². The van der Waals surface area contributed by atoms with Gasteiger partial charge in [-0.15, -0.1) is 0 Å². The molecule has 1 N–H and O–H groups in total. The highest BCUT2D eigenvalue weighted by molar-refractivity contribution is 5.94. The zero-order valence-electron chi connectivity index (χ0n) is 16.8. The minimum Gasteiger partial charge on any atom is -0.467 e. The first-order valence-corrected chi connectivity index (χ1v) is 10.1. The summed E-state index contributed by atoms with van der Waals surface area (Å²) in [6.45, 7) is 7.65. The lowest BCUT2D eigenvalue weighted by molar-refractivity contribution is 0.0948. The van der Waals surface area contributed by atoms with E-state index in [1.165, 1.54) is 16.8 Å². The van der Waals surface area contributed by atoms with Crippen molar-refractivity contribution in [3.05, 3.63) is 89.4 Å². The van der Waals surface area contributed by atoms with Crippen LogP contribution in [0.5, 0.6) is 0 Å². The molecule has 0 unspecified atom stereocenters. The molecule has 5 nitrogen and oxygen atoms in total. The lowest BCUT2D eigenvalue weighted by atomic mass is 10.1. The summed E-state index contributed by atoms with van der Waals surface area (Å²) in [7, 11) is 0. The average molecular weight is 389 g/mol. The largest absolute Gasteiger partial charge is 0.467 e. The summed E-state index contributed by atoms with van der Waals surface area (Å²) in [6.07, 6.45) is 1.61.